The molecular weight excluding hydrogens is 336 g/mol. The molecule has 0 radical (unpaired) electrons. The molecule has 144 valence electrons. The predicted molar refractivity (Wildman–Crippen MR) is 108 cm³/mol. The lowest BCUT2D eigenvalue weighted by molar-refractivity contribution is -0.217. The molecule has 0 N–H and O–H groups in total. The lowest BCUT2D eigenvalue weighted by atomic mass is 9.89. The first-order valence-electron chi connectivity index (χ1n) is 9.71. The average Bonchev–Trinajstić information content (AvgIpc) is 2.63. The van der Waals surface area contributed by atoms with Gasteiger partial charge in [-0.25, -0.2) is 5.06 Å². The molecule has 0 saturated carbocycles. The smallest absolute Gasteiger partial charge is 0.233 e. The molecule has 1 aliphatic rings. The Balaban J connectivity index is 1.59. The maximum Gasteiger partial charge on any atom is 0.233 e. The zero-order valence-corrected chi connectivity index (χ0v) is 16.5. The van der Waals surface area contributed by atoms with E-state index in [9.17, 15) is 4.79 Å². The molecule has 1 aliphatic heterocycles. The van der Waals surface area contributed by atoms with E-state index < -0.39 is 0 Å². The molecule has 1 amide bonds. The van der Waals surface area contributed by atoms with Crippen molar-refractivity contribution in [3.8, 4) is 0 Å². The van der Waals surface area contributed by atoms with Crippen molar-refractivity contribution in [2.24, 2.45) is 5.92 Å². The van der Waals surface area contributed by atoms with Crippen LogP contribution in [0.1, 0.15) is 44.4 Å². The summed E-state index contributed by atoms with van der Waals surface area (Å²) in [7, 11) is 0. The Kier molecular flexibility index (Phi) is 6.30. The van der Waals surface area contributed by atoms with Gasteiger partial charge in [0.1, 0.15) is 0 Å². The van der Waals surface area contributed by atoms with E-state index >= 15 is 0 Å². The summed E-state index contributed by atoms with van der Waals surface area (Å²) in [5.41, 5.74) is 2.30. The van der Waals surface area contributed by atoms with E-state index in [1.165, 1.54) is 16.2 Å². The summed E-state index contributed by atoms with van der Waals surface area (Å²) in [4.78, 5) is 19.4. The van der Waals surface area contributed by atoms with E-state index in [1.807, 2.05) is 20.8 Å². The molecule has 0 atom stereocenters. The number of carbonyl (C=O) groups excluding carboxylic acids is 1. The molecule has 1 heterocycles. The van der Waals surface area contributed by atoms with Crippen LogP contribution >= 0.6 is 0 Å². The summed E-state index contributed by atoms with van der Waals surface area (Å²) in [6.45, 7) is 8.59. The fourth-order valence-electron chi connectivity index (χ4n) is 3.67. The van der Waals surface area contributed by atoms with Gasteiger partial charge >= 0.3 is 0 Å². The third-order valence-corrected chi connectivity index (χ3v) is 4.85. The van der Waals surface area contributed by atoms with E-state index in [2.05, 4.69) is 65.6 Å². The van der Waals surface area contributed by atoms with Crippen LogP contribution in [0, 0.1) is 5.92 Å². The van der Waals surface area contributed by atoms with Gasteiger partial charge in [-0.05, 0) is 44.2 Å². The van der Waals surface area contributed by atoms with Crippen LogP contribution in [0.5, 0.6) is 0 Å². The zero-order chi connectivity index (χ0) is 19.3. The Hall–Kier alpha value is -2.17. The topological polar surface area (TPSA) is 32.8 Å². The fourth-order valence-corrected chi connectivity index (χ4v) is 3.67. The molecular formula is C23H30N2O2. The summed E-state index contributed by atoms with van der Waals surface area (Å²) in [6.07, 6.45) is 1.75. The van der Waals surface area contributed by atoms with Gasteiger partial charge in [0.05, 0.1) is 11.6 Å². The molecule has 1 saturated heterocycles. The third-order valence-electron chi connectivity index (χ3n) is 4.85. The van der Waals surface area contributed by atoms with Crippen LogP contribution in [-0.4, -0.2) is 41.6 Å². The Bertz CT molecular complexity index is 667. The van der Waals surface area contributed by atoms with Crippen molar-refractivity contribution in [1.29, 1.82) is 0 Å². The molecule has 3 rings (SSSR count). The van der Waals surface area contributed by atoms with Crippen molar-refractivity contribution in [1.82, 2.24) is 9.96 Å². The summed E-state index contributed by atoms with van der Waals surface area (Å²) >= 11 is 0. The molecule has 4 nitrogen and oxygen atoms in total. The summed E-state index contributed by atoms with van der Waals surface area (Å²) in [6, 6.07) is 21.7. The highest BCUT2D eigenvalue weighted by Gasteiger charge is 2.34. The zero-order valence-electron chi connectivity index (χ0n) is 16.5. The molecule has 0 unspecified atom stereocenters. The highest BCUT2D eigenvalue weighted by atomic mass is 16.7. The van der Waals surface area contributed by atoms with Crippen molar-refractivity contribution in [2.75, 3.05) is 19.6 Å². The average molecular weight is 367 g/mol. The second-order valence-corrected chi connectivity index (χ2v) is 8.28. The van der Waals surface area contributed by atoms with Crippen molar-refractivity contribution in [2.45, 2.75) is 38.8 Å². The lowest BCUT2D eigenvalue weighted by Crippen LogP contribution is -2.49. The minimum atomic E-state index is -0.349. The number of nitrogens with zero attached hydrogens (tertiary/aromatic N) is 2. The number of amides is 1. The maximum atomic E-state index is 11.2. The molecule has 1 fully saturated rings. The van der Waals surface area contributed by atoms with Gasteiger partial charge in [0, 0.05) is 19.6 Å². The molecule has 0 spiro atoms. The highest BCUT2D eigenvalue weighted by molar-refractivity contribution is 5.45. The van der Waals surface area contributed by atoms with E-state index in [1.54, 1.807) is 0 Å². The first-order valence-corrected chi connectivity index (χ1v) is 9.71. The Morgan fingerprint density at radius 3 is 2.00 bits per heavy atom. The number of hydrogen-bond donors (Lipinski definition) is 0. The number of hydrogen-bond acceptors (Lipinski definition) is 3. The van der Waals surface area contributed by atoms with E-state index in [0.29, 0.717) is 12.5 Å². The number of rotatable bonds is 8. The van der Waals surface area contributed by atoms with Gasteiger partial charge in [-0.2, -0.15) is 0 Å². The summed E-state index contributed by atoms with van der Waals surface area (Å²) in [5, 5.41) is 1.44. The van der Waals surface area contributed by atoms with Crippen LogP contribution in [0.15, 0.2) is 60.7 Å². The van der Waals surface area contributed by atoms with Gasteiger partial charge in [-0.3, -0.25) is 14.5 Å². The van der Waals surface area contributed by atoms with Crippen LogP contribution in [0.25, 0.3) is 0 Å². The summed E-state index contributed by atoms with van der Waals surface area (Å²) < 4.78 is 0. The largest absolute Gasteiger partial charge is 0.292 e. The van der Waals surface area contributed by atoms with E-state index in [4.69, 9.17) is 4.84 Å². The number of carbonyl (C=O) groups is 1. The Morgan fingerprint density at radius 1 is 1.04 bits per heavy atom. The van der Waals surface area contributed by atoms with Crippen molar-refractivity contribution in [3.05, 3.63) is 71.8 Å². The maximum absolute atomic E-state index is 11.2. The number of benzene rings is 2. The predicted octanol–water partition coefficient (Wildman–Crippen LogP) is 4.29. The van der Waals surface area contributed by atoms with Gasteiger partial charge in [-0.1, -0.05) is 60.7 Å². The van der Waals surface area contributed by atoms with Gasteiger partial charge < -0.3 is 0 Å². The number of likely N-dealkylation sites (tertiary alicyclic amines) is 1. The molecule has 0 aliphatic carbocycles. The SMILES string of the molecule is CC(C)(C)ON(C=O)CCC1CN(C(c2ccccc2)c2ccccc2)C1. The Labute approximate surface area is 162 Å². The Morgan fingerprint density at radius 2 is 1.56 bits per heavy atom. The second-order valence-electron chi connectivity index (χ2n) is 8.28. The van der Waals surface area contributed by atoms with Crippen molar-refractivity contribution < 1.29 is 9.63 Å². The van der Waals surface area contributed by atoms with Crippen LogP contribution in [0.3, 0.4) is 0 Å². The number of hydroxylamine groups is 2. The van der Waals surface area contributed by atoms with Gasteiger partial charge in [0.15, 0.2) is 0 Å². The van der Waals surface area contributed by atoms with Gasteiger partial charge in [-0.15, -0.1) is 0 Å². The molecule has 27 heavy (non-hydrogen) atoms. The molecule has 4 heteroatoms. The normalized spacial score (nSPS) is 15.6. The standard InChI is InChI=1S/C23H30N2O2/c1-23(2,3)27-25(18-26)15-14-19-16-24(17-19)22(20-10-6-4-7-11-20)21-12-8-5-9-13-21/h4-13,18-19,22H,14-17H2,1-3H3. The highest BCUT2D eigenvalue weighted by Crippen LogP contribution is 2.35. The van der Waals surface area contributed by atoms with E-state index in [0.717, 1.165) is 25.9 Å². The third kappa shape index (κ3) is 5.41. The van der Waals surface area contributed by atoms with Crippen LogP contribution in [-0.2, 0) is 9.63 Å². The van der Waals surface area contributed by atoms with Crippen molar-refractivity contribution in [3.63, 3.8) is 0 Å². The lowest BCUT2D eigenvalue weighted by Gasteiger charge is -2.45. The molecule has 0 bridgehead atoms. The van der Waals surface area contributed by atoms with Crippen LogP contribution in [0.2, 0.25) is 0 Å². The van der Waals surface area contributed by atoms with E-state index in [-0.39, 0.29) is 11.6 Å². The first kappa shape index (κ1) is 19.6. The van der Waals surface area contributed by atoms with Crippen LogP contribution < -0.4 is 0 Å². The molecule has 2 aromatic rings. The molecule has 2 aromatic carbocycles. The van der Waals surface area contributed by atoms with Crippen molar-refractivity contribution >= 4 is 6.41 Å². The fraction of sp³-hybridized carbons (Fsp3) is 0.435. The second kappa shape index (κ2) is 8.68. The van der Waals surface area contributed by atoms with Crippen LogP contribution in [0.4, 0.5) is 0 Å². The monoisotopic (exact) mass is 366 g/mol. The van der Waals surface area contributed by atoms with Gasteiger partial charge in [0.25, 0.3) is 0 Å². The quantitative estimate of drug-likeness (QED) is 0.516. The molecule has 0 aromatic heterocycles. The minimum Gasteiger partial charge on any atom is -0.292 e. The van der Waals surface area contributed by atoms with Gasteiger partial charge in [0.2, 0.25) is 6.41 Å². The first-order chi connectivity index (χ1) is 13.0. The minimum absolute atomic E-state index is 0.289. The summed E-state index contributed by atoms with van der Waals surface area (Å²) in [5.74, 6) is 0.589.